The van der Waals surface area contributed by atoms with Gasteiger partial charge in [0.15, 0.2) is 0 Å². The number of rotatable bonds is 5. The predicted octanol–water partition coefficient (Wildman–Crippen LogP) is 3.83. The zero-order valence-corrected chi connectivity index (χ0v) is 13.2. The monoisotopic (exact) mass is 267 g/mol. The van der Waals surface area contributed by atoms with Gasteiger partial charge in [-0.1, -0.05) is 40.0 Å². The number of aliphatic hydroxyl groups excluding tert-OH is 1. The SMILES string of the molecule is CCC1CC(CC)(CC)N(CCO)C2CCCCC12. The van der Waals surface area contributed by atoms with Crippen LogP contribution >= 0.6 is 0 Å². The summed E-state index contributed by atoms with van der Waals surface area (Å²) < 4.78 is 0. The summed E-state index contributed by atoms with van der Waals surface area (Å²) >= 11 is 0. The van der Waals surface area contributed by atoms with E-state index in [1.807, 2.05) is 0 Å². The Bertz CT molecular complexity index is 274. The predicted molar refractivity (Wildman–Crippen MR) is 81.2 cm³/mol. The summed E-state index contributed by atoms with van der Waals surface area (Å²) in [6, 6.07) is 0.750. The van der Waals surface area contributed by atoms with Crippen LogP contribution in [-0.4, -0.2) is 34.7 Å². The second kappa shape index (κ2) is 6.58. The first kappa shape index (κ1) is 15.3. The fourth-order valence-electron chi connectivity index (χ4n) is 5.09. The van der Waals surface area contributed by atoms with Crippen LogP contribution in [0, 0.1) is 11.8 Å². The minimum absolute atomic E-state index is 0.321. The molecule has 0 spiro atoms. The molecule has 0 aromatic rings. The molecule has 1 aliphatic heterocycles. The smallest absolute Gasteiger partial charge is 0.0558 e. The van der Waals surface area contributed by atoms with E-state index in [2.05, 4.69) is 25.7 Å². The Labute approximate surface area is 119 Å². The van der Waals surface area contributed by atoms with Gasteiger partial charge >= 0.3 is 0 Å². The lowest BCUT2D eigenvalue weighted by Crippen LogP contribution is -2.63. The Hall–Kier alpha value is -0.0800. The lowest BCUT2D eigenvalue weighted by atomic mass is 9.64. The second-order valence-corrected chi connectivity index (χ2v) is 6.74. The van der Waals surface area contributed by atoms with E-state index >= 15 is 0 Å². The molecule has 0 aromatic carbocycles. The zero-order valence-electron chi connectivity index (χ0n) is 13.2. The van der Waals surface area contributed by atoms with Gasteiger partial charge < -0.3 is 5.11 Å². The van der Waals surface area contributed by atoms with Gasteiger partial charge in [-0.05, 0) is 43.9 Å². The first-order valence-corrected chi connectivity index (χ1v) is 8.60. The molecule has 1 saturated heterocycles. The Kier molecular flexibility index (Phi) is 5.30. The third kappa shape index (κ3) is 2.71. The lowest BCUT2D eigenvalue weighted by molar-refractivity contribution is -0.0898. The summed E-state index contributed by atoms with van der Waals surface area (Å²) in [7, 11) is 0. The van der Waals surface area contributed by atoms with Crippen LogP contribution in [-0.2, 0) is 0 Å². The van der Waals surface area contributed by atoms with Crippen molar-refractivity contribution in [2.45, 2.75) is 83.7 Å². The van der Waals surface area contributed by atoms with E-state index in [-0.39, 0.29) is 0 Å². The average Bonchev–Trinajstić information content (AvgIpc) is 2.48. The Balaban J connectivity index is 2.28. The number of nitrogens with zero attached hydrogens (tertiary/aromatic N) is 1. The third-order valence-electron chi connectivity index (χ3n) is 6.22. The molecule has 3 atom stereocenters. The summed E-state index contributed by atoms with van der Waals surface area (Å²) in [5.41, 5.74) is 0.363. The minimum Gasteiger partial charge on any atom is -0.395 e. The van der Waals surface area contributed by atoms with Crippen LogP contribution in [0.25, 0.3) is 0 Å². The average molecular weight is 267 g/mol. The van der Waals surface area contributed by atoms with Crippen LogP contribution in [0.4, 0.5) is 0 Å². The molecule has 2 fully saturated rings. The van der Waals surface area contributed by atoms with Crippen LogP contribution in [0.1, 0.15) is 72.1 Å². The van der Waals surface area contributed by atoms with Gasteiger partial charge in [0.05, 0.1) is 6.61 Å². The molecule has 0 bridgehead atoms. The molecule has 1 N–H and O–H groups in total. The van der Waals surface area contributed by atoms with Crippen molar-refractivity contribution in [3.8, 4) is 0 Å². The highest BCUT2D eigenvalue weighted by Gasteiger charge is 2.48. The molecule has 19 heavy (non-hydrogen) atoms. The molecule has 3 unspecified atom stereocenters. The van der Waals surface area contributed by atoms with Gasteiger partial charge in [0.1, 0.15) is 0 Å². The topological polar surface area (TPSA) is 23.5 Å². The molecule has 0 radical (unpaired) electrons. The molecule has 0 aromatic heterocycles. The Morgan fingerprint density at radius 3 is 2.37 bits per heavy atom. The van der Waals surface area contributed by atoms with Crippen molar-refractivity contribution in [3.63, 3.8) is 0 Å². The van der Waals surface area contributed by atoms with E-state index in [1.54, 1.807) is 0 Å². The lowest BCUT2D eigenvalue weighted by Gasteiger charge is -2.58. The molecule has 112 valence electrons. The molecule has 0 amide bonds. The van der Waals surface area contributed by atoms with Crippen LogP contribution in [0.2, 0.25) is 0 Å². The Morgan fingerprint density at radius 1 is 1.11 bits per heavy atom. The molecule has 2 heteroatoms. The van der Waals surface area contributed by atoms with E-state index < -0.39 is 0 Å². The number of β-amino-alcohol motifs (C(OH)–C–C–N with tert-alkyl or cyclic N) is 1. The molecule has 2 nitrogen and oxygen atoms in total. The molecule has 1 aliphatic carbocycles. The van der Waals surface area contributed by atoms with Crippen molar-refractivity contribution < 1.29 is 5.11 Å². The highest BCUT2D eigenvalue weighted by Crippen LogP contribution is 2.48. The zero-order chi connectivity index (χ0) is 13.9. The first-order valence-electron chi connectivity index (χ1n) is 8.60. The summed E-state index contributed by atoms with van der Waals surface area (Å²) in [4.78, 5) is 2.73. The molecule has 2 aliphatic rings. The van der Waals surface area contributed by atoms with Gasteiger partial charge in [0.25, 0.3) is 0 Å². The van der Waals surface area contributed by atoms with Gasteiger partial charge in [0, 0.05) is 18.1 Å². The maximum Gasteiger partial charge on any atom is 0.0558 e. The van der Waals surface area contributed by atoms with E-state index in [9.17, 15) is 5.11 Å². The number of aliphatic hydroxyl groups is 1. The van der Waals surface area contributed by atoms with Gasteiger partial charge in [0.2, 0.25) is 0 Å². The molecular weight excluding hydrogens is 234 g/mol. The highest BCUT2D eigenvalue weighted by molar-refractivity contribution is 5.03. The number of likely N-dealkylation sites (tertiary alicyclic amines) is 1. The largest absolute Gasteiger partial charge is 0.395 e. The van der Waals surface area contributed by atoms with E-state index in [1.165, 1.54) is 51.4 Å². The molecule has 1 heterocycles. The first-order chi connectivity index (χ1) is 9.22. The molecular formula is C17H33NO. The van der Waals surface area contributed by atoms with Gasteiger partial charge in [-0.3, -0.25) is 4.90 Å². The number of hydrogen-bond acceptors (Lipinski definition) is 2. The quantitative estimate of drug-likeness (QED) is 0.818. The van der Waals surface area contributed by atoms with E-state index in [4.69, 9.17) is 0 Å². The van der Waals surface area contributed by atoms with Gasteiger partial charge in [-0.2, -0.15) is 0 Å². The number of hydrogen-bond donors (Lipinski definition) is 1. The summed E-state index contributed by atoms with van der Waals surface area (Å²) in [6.45, 7) is 8.29. The molecule has 1 saturated carbocycles. The van der Waals surface area contributed by atoms with Gasteiger partial charge in [-0.25, -0.2) is 0 Å². The molecule has 2 rings (SSSR count). The Morgan fingerprint density at radius 2 is 1.79 bits per heavy atom. The standard InChI is InChI=1S/C17H33NO/c1-4-14-13-17(5-2,6-3)18(11-12-19)16-10-8-7-9-15(14)16/h14-16,19H,4-13H2,1-3H3. The fourth-order valence-corrected chi connectivity index (χ4v) is 5.09. The van der Waals surface area contributed by atoms with Crippen molar-refractivity contribution >= 4 is 0 Å². The maximum absolute atomic E-state index is 9.51. The van der Waals surface area contributed by atoms with Crippen LogP contribution in [0.3, 0.4) is 0 Å². The van der Waals surface area contributed by atoms with Crippen LogP contribution in [0.15, 0.2) is 0 Å². The number of fused-ring (bicyclic) bond motifs is 1. The van der Waals surface area contributed by atoms with Crippen LogP contribution in [0.5, 0.6) is 0 Å². The third-order valence-corrected chi connectivity index (χ3v) is 6.22. The van der Waals surface area contributed by atoms with Crippen molar-refractivity contribution in [3.05, 3.63) is 0 Å². The van der Waals surface area contributed by atoms with Crippen molar-refractivity contribution in [1.82, 2.24) is 4.90 Å². The summed E-state index contributed by atoms with van der Waals surface area (Å²) in [6.07, 6.45) is 10.8. The van der Waals surface area contributed by atoms with Crippen molar-refractivity contribution in [2.24, 2.45) is 11.8 Å². The maximum atomic E-state index is 9.51. The van der Waals surface area contributed by atoms with Gasteiger partial charge in [-0.15, -0.1) is 0 Å². The fraction of sp³-hybridized carbons (Fsp3) is 1.00. The second-order valence-electron chi connectivity index (χ2n) is 6.74. The van der Waals surface area contributed by atoms with Crippen molar-refractivity contribution in [1.29, 1.82) is 0 Å². The van der Waals surface area contributed by atoms with E-state index in [0.29, 0.717) is 12.1 Å². The van der Waals surface area contributed by atoms with E-state index in [0.717, 1.165) is 24.4 Å². The summed E-state index contributed by atoms with van der Waals surface area (Å²) in [5.74, 6) is 1.82. The van der Waals surface area contributed by atoms with Crippen molar-refractivity contribution in [2.75, 3.05) is 13.2 Å². The highest BCUT2D eigenvalue weighted by atomic mass is 16.3. The number of piperidine rings is 1. The minimum atomic E-state index is 0.321. The van der Waals surface area contributed by atoms with Crippen LogP contribution < -0.4 is 0 Å². The normalized spacial score (nSPS) is 35.1. The summed E-state index contributed by atoms with van der Waals surface area (Å²) in [5, 5.41) is 9.51.